The van der Waals surface area contributed by atoms with Gasteiger partial charge >= 0.3 is 5.97 Å². The van der Waals surface area contributed by atoms with Gasteiger partial charge in [-0.3, -0.25) is 4.79 Å². The van der Waals surface area contributed by atoms with Gasteiger partial charge < -0.3 is 19.0 Å². The summed E-state index contributed by atoms with van der Waals surface area (Å²) in [6.45, 7) is 3.77. The minimum atomic E-state index is -0.507. The Morgan fingerprint density at radius 3 is 2.59 bits per heavy atom. The molecule has 140 valence electrons. The number of ether oxygens (including phenoxy) is 2. The van der Waals surface area contributed by atoms with E-state index in [0.29, 0.717) is 16.9 Å². The van der Waals surface area contributed by atoms with Crippen molar-refractivity contribution in [3.05, 3.63) is 58.8 Å². The zero-order valence-corrected chi connectivity index (χ0v) is 15.4. The molecule has 0 saturated heterocycles. The number of furan rings is 1. The van der Waals surface area contributed by atoms with Gasteiger partial charge in [-0.1, -0.05) is 6.07 Å². The molecule has 2 aromatic carbocycles. The number of ketones is 1. The summed E-state index contributed by atoms with van der Waals surface area (Å²) in [6, 6.07) is 9.87. The topological polar surface area (TPSA) is 86.0 Å². The lowest BCUT2D eigenvalue weighted by molar-refractivity contribution is 0.0491. The molecule has 0 unspecified atom stereocenters. The van der Waals surface area contributed by atoms with Crippen LogP contribution in [0.1, 0.15) is 39.0 Å². The smallest absolute Gasteiger partial charge is 0.374 e. The first-order chi connectivity index (χ1) is 12.9. The molecule has 0 fully saturated rings. The minimum Gasteiger partial charge on any atom is -0.507 e. The zero-order chi connectivity index (χ0) is 19.6. The van der Waals surface area contributed by atoms with Crippen molar-refractivity contribution >= 4 is 22.7 Å². The van der Waals surface area contributed by atoms with Crippen LogP contribution in [0.4, 0.5) is 0 Å². The monoisotopic (exact) mass is 368 g/mol. The number of aromatic hydroxyl groups is 1. The highest BCUT2D eigenvalue weighted by Gasteiger charge is 2.20. The van der Waals surface area contributed by atoms with Crippen LogP contribution >= 0.6 is 0 Å². The minimum absolute atomic E-state index is 0.106. The van der Waals surface area contributed by atoms with E-state index in [1.165, 1.54) is 19.2 Å². The molecule has 0 aliphatic carbocycles. The number of fused-ring (bicyclic) bond motifs is 1. The maximum atomic E-state index is 12.6. The molecule has 0 radical (unpaired) electrons. The molecule has 0 bridgehead atoms. The third kappa shape index (κ3) is 3.65. The van der Waals surface area contributed by atoms with Gasteiger partial charge in [0.1, 0.15) is 17.1 Å². The van der Waals surface area contributed by atoms with Crippen LogP contribution in [0.2, 0.25) is 0 Å². The number of esters is 1. The second-order valence-electron chi connectivity index (χ2n) is 6.09. The molecule has 27 heavy (non-hydrogen) atoms. The fraction of sp³-hybridized carbons (Fsp3) is 0.238. The summed E-state index contributed by atoms with van der Waals surface area (Å²) in [5.74, 6) is -0.202. The molecule has 3 aromatic rings. The lowest BCUT2D eigenvalue weighted by Crippen LogP contribution is -2.04. The maximum Gasteiger partial charge on any atom is 0.374 e. The number of methoxy groups -OCH3 is 1. The van der Waals surface area contributed by atoms with Gasteiger partial charge in [0, 0.05) is 23.4 Å². The quantitative estimate of drug-likeness (QED) is 0.522. The predicted octanol–water partition coefficient (Wildman–Crippen LogP) is 4.06. The fourth-order valence-electron chi connectivity index (χ4n) is 2.92. The van der Waals surface area contributed by atoms with E-state index < -0.39 is 5.97 Å². The highest BCUT2D eigenvalue weighted by Crippen LogP contribution is 2.28. The number of aryl methyl sites for hydroxylation is 1. The molecule has 0 aliphatic rings. The van der Waals surface area contributed by atoms with Crippen molar-refractivity contribution in [3.63, 3.8) is 0 Å². The molecule has 0 amide bonds. The fourth-order valence-corrected chi connectivity index (χ4v) is 2.92. The Balaban J connectivity index is 1.88. The molecule has 1 N–H and O–H groups in total. The van der Waals surface area contributed by atoms with Crippen molar-refractivity contribution < 1.29 is 28.6 Å². The van der Waals surface area contributed by atoms with Gasteiger partial charge in [0.15, 0.2) is 5.78 Å². The number of benzene rings is 2. The molecule has 6 nitrogen and oxygen atoms in total. The number of Topliss-reactive ketones (excluding diaryl/α,β-unsaturated/α-hetero) is 1. The van der Waals surface area contributed by atoms with Gasteiger partial charge in [-0.05, 0) is 43.7 Å². The molecule has 0 aliphatic heterocycles. The molecule has 0 saturated carbocycles. The van der Waals surface area contributed by atoms with Crippen LogP contribution in [0, 0.1) is 6.92 Å². The normalized spacial score (nSPS) is 10.8. The van der Waals surface area contributed by atoms with E-state index in [-0.39, 0.29) is 35.9 Å². The van der Waals surface area contributed by atoms with Gasteiger partial charge in [0.2, 0.25) is 5.76 Å². The van der Waals surface area contributed by atoms with Crippen LogP contribution in [0.3, 0.4) is 0 Å². The first-order valence-electron chi connectivity index (χ1n) is 8.54. The van der Waals surface area contributed by atoms with Crippen molar-refractivity contribution in [3.8, 4) is 11.5 Å². The van der Waals surface area contributed by atoms with Crippen molar-refractivity contribution in [2.45, 2.75) is 20.3 Å². The number of rotatable bonds is 6. The van der Waals surface area contributed by atoms with Crippen LogP contribution in [0.25, 0.3) is 11.0 Å². The van der Waals surface area contributed by atoms with E-state index in [0.717, 1.165) is 10.9 Å². The third-order valence-electron chi connectivity index (χ3n) is 4.33. The summed E-state index contributed by atoms with van der Waals surface area (Å²) in [5, 5.41) is 10.8. The summed E-state index contributed by atoms with van der Waals surface area (Å²) < 4.78 is 15.6. The maximum absolute atomic E-state index is 12.6. The molecule has 0 atom stereocenters. The molecule has 6 heteroatoms. The number of phenolic OH excluding ortho intramolecular Hbond substituents is 1. The van der Waals surface area contributed by atoms with Crippen LogP contribution in [0.5, 0.6) is 11.5 Å². The Kier molecular flexibility index (Phi) is 5.16. The first kappa shape index (κ1) is 18.5. The second kappa shape index (κ2) is 7.53. The molecule has 3 rings (SSSR count). The lowest BCUT2D eigenvalue weighted by Gasteiger charge is -2.06. The Hall–Kier alpha value is -3.28. The summed E-state index contributed by atoms with van der Waals surface area (Å²) >= 11 is 0. The van der Waals surface area contributed by atoms with E-state index in [2.05, 4.69) is 0 Å². The van der Waals surface area contributed by atoms with Gasteiger partial charge in [-0.15, -0.1) is 0 Å². The van der Waals surface area contributed by atoms with Crippen LogP contribution in [0.15, 0.2) is 40.8 Å². The van der Waals surface area contributed by atoms with Crippen molar-refractivity contribution in [1.29, 1.82) is 0 Å². The summed E-state index contributed by atoms with van der Waals surface area (Å²) in [6.07, 6.45) is 0.106. The number of hydrogen-bond donors (Lipinski definition) is 1. The van der Waals surface area contributed by atoms with Crippen LogP contribution in [-0.4, -0.2) is 30.6 Å². The van der Waals surface area contributed by atoms with E-state index >= 15 is 0 Å². The van der Waals surface area contributed by atoms with E-state index in [4.69, 9.17) is 13.9 Å². The van der Waals surface area contributed by atoms with Gasteiger partial charge in [-0.25, -0.2) is 4.79 Å². The Morgan fingerprint density at radius 1 is 1.15 bits per heavy atom. The largest absolute Gasteiger partial charge is 0.507 e. The zero-order valence-electron chi connectivity index (χ0n) is 15.4. The third-order valence-corrected chi connectivity index (χ3v) is 4.33. The highest BCUT2D eigenvalue weighted by atomic mass is 16.5. The van der Waals surface area contributed by atoms with Crippen LogP contribution < -0.4 is 4.74 Å². The van der Waals surface area contributed by atoms with E-state index in [1.54, 1.807) is 32.0 Å². The van der Waals surface area contributed by atoms with E-state index in [1.807, 2.05) is 6.07 Å². The molecular formula is C21H20O6. The predicted molar refractivity (Wildman–Crippen MR) is 99.6 cm³/mol. The average Bonchev–Trinajstić information content (AvgIpc) is 2.98. The number of carbonyl (C=O) groups is 2. The SMILES string of the molecule is CCOC(=O)c1oc2ccc(CC(=O)c3ccc(OC)cc3O)cc2c1C. The number of carbonyl (C=O) groups excluding carboxylic acids is 2. The van der Waals surface area contributed by atoms with Crippen molar-refractivity contribution in [1.82, 2.24) is 0 Å². The van der Waals surface area contributed by atoms with E-state index in [9.17, 15) is 14.7 Å². The van der Waals surface area contributed by atoms with Gasteiger partial charge in [0.05, 0.1) is 19.3 Å². The standard InChI is InChI=1S/C21H20O6/c1-4-26-21(24)20-12(2)16-9-13(5-8-19(16)27-20)10-17(22)15-7-6-14(25-3)11-18(15)23/h5-9,11,23H,4,10H2,1-3H3. The molecule has 1 heterocycles. The Bertz CT molecular complexity index is 1010. The van der Waals surface area contributed by atoms with Crippen molar-refractivity contribution in [2.24, 2.45) is 0 Å². The Morgan fingerprint density at radius 2 is 1.93 bits per heavy atom. The lowest BCUT2D eigenvalue weighted by atomic mass is 10.00. The number of hydrogen-bond acceptors (Lipinski definition) is 6. The van der Waals surface area contributed by atoms with Crippen molar-refractivity contribution in [2.75, 3.05) is 13.7 Å². The second-order valence-corrected chi connectivity index (χ2v) is 6.09. The summed E-state index contributed by atoms with van der Waals surface area (Å²) in [7, 11) is 1.49. The first-order valence-corrected chi connectivity index (χ1v) is 8.54. The highest BCUT2D eigenvalue weighted by molar-refractivity contribution is 6.01. The summed E-state index contributed by atoms with van der Waals surface area (Å²) in [5.41, 5.74) is 2.21. The summed E-state index contributed by atoms with van der Waals surface area (Å²) in [4.78, 5) is 24.5. The molecular weight excluding hydrogens is 348 g/mol. The average molecular weight is 368 g/mol. The number of phenols is 1. The molecule has 1 aromatic heterocycles. The van der Waals surface area contributed by atoms with Gasteiger partial charge in [-0.2, -0.15) is 0 Å². The molecule has 0 spiro atoms. The van der Waals surface area contributed by atoms with Gasteiger partial charge in [0.25, 0.3) is 0 Å². The van der Waals surface area contributed by atoms with Crippen LogP contribution in [-0.2, 0) is 11.2 Å². The Labute approximate surface area is 156 Å².